The molecule has 42 heavy (non-hydrogen) atoms. The fourth-order valence-corrected chi connectivity index (χ4v) is 6.53. The van der Waals surface area contributed by atoms with Crippen molar-refractivity contribution >= 4 is 50.9 Å². The molecule has 4 heteroatoms. The van der Waals surface area contributed by atoms with E-state index in [0.717, 1.165) is 45.5 Å². The third kappa shape index (κ3) is 3.90. The molecule has 0 fully saturated rings. The molecular formula is C38H30BNO2. The van der Waals surface area contributed by atoms with Crippen LogP contribution in [0.25, 0.3) is 10.8 Å². The summed E-state index contributed by atoms with van der Waals surface area (Å²) < 4.78 is 13.3. The summed E-state index contributed by atoms with van der Waals surface area (Å²) in [6.45, 7) is 6.90. The van der Waals surface area contributed by atoms with Crippen LogP contribution >= 0.6 is 0 Å². The van der Waals surface area contributed by atoms with Crippen LogP contribution in [0.3, 0.4) is 0 Å². The number of hydrogen-bond donors (Lipinski definition) is 0. The van der Waals surface area contributed by atoms with Gasteiger partial charge in [-0.1, -0.05) is 99.6 Å². The molecule has 6 aromatic carbocycles. The molecule has 0 atom stereocenters. The summed E-state index contributed by atoms with van der Waals surface area (Å²) >= 11 is 0. The Morgan fingerprint density at radius 1 is 0.524 bits per heavy atom. The normalized spacial score (nSPS) is 13.0. The summed E-state index contributed by atoms with van der Waals surface area (Å²) in [6.07, 6.45) is 0. The Balaban J connectivity index is 1.40. The van der Waals surface area contributed by atoms with E-state index < -0.39 is 0 Å². The zero-order valence-electron chi connectivity index (χ0n) is 24.0. The van der Waals surface area contributed by atoms with Crippen molar-refractivity contribution < 1.29 is 9.47 Å². The highest BCUT2D eigenvalue weighted by Gasteiger charge is 2.40. The maximum atomic E-state index is 6.66. The summed E-state index contributed by atoms with van der Waals surface area (Å²) in [5.74, 6) is 3.45. The van der Waals surface area contributed by atoms with Crippen LogP contribution in [0.4, 0.5) is 17.1 Å². The quantitative estimate of drug-likeness (QED) is 0.209. The predicted octanol–water partition coefficient (Wildman–Crippen LogP) is 8.33. The van der Waals surface area contributed by atoms with Crippen molar-refractivity contribution in [3.8, 4) is 23.0 Å². The van der Waals surface area contributed by atoms with Crippen LogP contribution in [0.15, 0.2) is 127 Å². The van der Waals surface area contributed by atoms with Gasteiger partial charge in [0.15, 0.2) is 0 Å². The van der Waals surface area contributed by atoms with Crippen LogP contribution in [-0.2, 0) is 5.41 Å². The lowest BCUT2D eigenvalue weighted by Gasteiger charge is -2.36. The van der Waals surface area contributed by atoms with Crippen molar-refractivity contribution in [2.45, 2.75) is 26.2 Å². The first kappa shape index (κ1) is 24.8. The maximum Gasteiger partial charge on any atom is 0.260 e. The summed E-state index contributed by atoms with van der Waals surface area (Å²) in [5, 5.41) is 2.44. The van der Waals surface area contributed by atoms with Crippen LogP contribution in [0.2, 0.25) is 0 Å². The smallest absolute Gasteiger partial charge is 0.260 e. The van der Waals surface area contributed by atoms with E-state index >= 15 is 0 Å². The topological polar surface area (TPSA) is 21.7 Å². The molecule has 0 aromatic heterocycles. The summed E-state index contributed by atoms with van der Waals surface area (Å²) in [5.41, 5.74) is 7.81. The van der Waals surface area contributed by atoms with Crippen molar-refractivity contribution in [2.24, 2.45) is 0 Å². The number of fused-ring (bicyclic) bond motifs is 5. The number of ether oxygens (including phenoxy) is 2. The van der Waals surface area contributed by atoms with Gasteiger partial charge >= 0.3 is 0 Å². The Labute approximate surface area is 247 Å². The Kier molecular flexibility index (Phi) is 5.49. The van der Waals surface area contributed by atoms with Crippen LogP contribution in [-0.4, -0.2) is 6.71 Å². The Morgan fingerprint density at radius 2 is 1.05 bits per heavy atom. The molecule has 0 aliphatic carbocycles. The van der Waals surface area contributed by atoms with Crippen molar-refractivity contribution in [1.29, 1.82) is 0 Å². The molecule has 202 valence electrons. The second kappa shape index (κ2) is 9.29. The molecule has 0 N–H and O–H groups in total. The minimum Gasteiger partial charge on any atom is -0.458 e. The molecule has 0 radical (unpaired) electrons. The van der Waals surface area contributed by atoms with Crippen molar-refractivity contribution in [3.05, 3.63) is 133 Å². The first-order valence-corrected chi connectivity index (χ1v) is 14.6. The van der Waals surface area contributed by atoms with E-state index in [2.05, 4.69) is 141 Å². The van der Waals surface area contributed by atoms with Gasteiger partial charge in [-0.2, -0.15) is 0 Å². The average Bonchev–Trinajstić information content (AvgIpc) is 3.00. The maximum absolute atomic E-state index is 6.66. The molecule has 0 saturated heterocycles. The molecule has 2 aliphatic heterocycles. The van der Waals surface area contributed by atoms with Gasteiger partial charge in [-0.3, -0.25) is 0 Å². The van der Waals surface area contributed by atoms with E-state index in [4.69, 9.17) is 9.47 Å². The largest absolute Gasteiger partial charge is 0.458 e. The summed E-state index contributed by atoms with van der Waals surface area (Å²) in [4.78, 5) is 2.35. The fraction of sp³-hybridized carbons (Fsp3) is 0.105. The molecule has 2 heterocycles. The zero-order chi connectivity index (χ0) is 28.4. The first-order valence-electron chi connectivity index (χ1n) is 14.6. The number of hydrogen-bond acceptors (Lipinski definition) is 3. The van der Waals surface area contributed by atoms with Crippen molar-refractivity contribution in [1.82, 2.24) is 0 Å². The lowest BCUT2D eigenvalue weighted by molar-refractivity contribution is 0.465. The van der Waals surface area contributed by atoms with E-state index in [1.54, 1.807) is 0 Å². The van der Waals surface area contributed by atoms with E-state index in [9.17, 15) is 0 Å². The summed E-state index contributed by atoms with van der Waals surface area (Å²) in [7, 11) is 0. The molecular weight excluding hydrogens is 513 g/mol. The first-order chi connectivity index (χ1) is 20.5. The lowest BCUT2D eigenvalue weighted by atomic mass is 9.35. The molecule has 3 nitrogen and oxygen atoms in total. The predicted molar refractivity (Wildman–Crippen MR) is 175 cm³/mol. The van der Waals surface area contributed by atoms with Crippen LogP contribution in [0.5, 0.6) is 23.0 Å². The highest BCUT2D eigenvalue weighted by atomic mass is 16.5. The van der Waals surface area contributed by atoms with Gasteiger partial charge in [0.25, 0.3) is 6.71 Å². The van der Waals surface area contributed by atoms with Gasteiger partial charge in [-0.05, 0) is 69.1 Å². The highest BCUT2D eigenvalue weighted by Crippen LogP contribution is 2.46. The van der Waals surface area contributed by atoms with Crippen LogP contribution in [0.1, 0.15) is 26.3 Å². The number of rotatable bonds is 3. The number of nitrogens with zero attached hydrogens (tertiary/aromatic N) is 1. The van der Waals surface area contributed by atoms with Gasteiger partial charge in [-0.15, -0.1) is 0 Å². The highest BCUT2D eigenvalue weighted by molar-refractivity contribution is 6.98. The van der Waals surface area contributed by atoms with Gasteiger partial charge in [-0.25, -0.2) is 0 Å². The molecule has 0 unspecified atom stereocenters. The second-order valence-corrected chi connectivity index (χ2v) is 12.2. The van der Waals surface area contributed by atoms with Crippen molar-refractivity contribution in [2.75, 3.05) is 4.90 Å². The molecule has 6 aromatic rings. The second-order valence-electron chi connectivity index (χ2n) is 12.2. The van der Waals surface area contributed by atoms with Crippen LogP contribution < -0.4 is 30.8 Å². The third-order valence-electron chi connectivity index (χ3n) is 8.46. The standard InChI is InChI=1S/C38H30BNO2/c1-38(2,3)29-21-25-13-7-8-14-26(25)22-32(29)40(27-15-5-4-6-16-27)28-23-35-37-36(24-28)42-34-20-12-10-18-31(34)39(37)30-17-9-11-19-33(30)41-35/h4-24H,1-3H3. The Hall–Kier alpha value is -4.96. The molecule has 0 amide bonds. The number of benzene rings is 6. The van der Waals surface area contributed by atoms with E-state index in [1.165, 1.54) is 27.3 Å². The van der Waals surface area contributed by atoms with E-state index in [0.29, 0.717) is 0 Å². The monoisotopic (exact) mass is 543 g/mol. The molecule has 0 saturated carbocycles. The van der Waals surface area contributed by atoms with Crippen molar-refractivity contribution in [3.63, 3.8) is 0 Å². The Bertz CT molecular complexity index is 1920. The Morgan fingerprint density at radius 3 is 1.64 bits per heavy atom. The average molecular weight is 543 g/mol. The SMILES string of the molecule is CC(C)(C)c1cc2ccccc2cc1N(c1ccccc1)c1cc2c3c(c1)Oc1ccccc1B3c1ccccc1O2. The fourth-order valence-electron chi connectivity index (χ4n) is 6.53. The molecule has 2 aliphatic rings. The van der Waals surface area contributed by atoms with Crippen LogP contribution in [0, 0.1) is 0 Å². The van der Waals surface area contributed by atoms with Gasteiger partial charge in [0.05, 0.1) is 11.4 Å². The minimum atomic E-state index is -0.0924. The van der Waals surface area contributed by atoms with E-state index in [-0.39, 0.29) is 12.1 Å². The molecule has 0 spiro atoms. The van der Waals surface area contributed by atoms with Gasteiger partial charge in [0.1, 0.15) is 23.0 Å². The van der Waals surface area contributed by atoms with Gasteiger partial charge in [0.2, 0.25) is 0 Å². The number of para-hydroxylation sites is 3. The minimum absolute atomic E-state index is 0.0509. The zero-order valence-corrected chi connectivity index (χ0v) is 24.0. The third-order valence-corrected chi connectivity index (χ3v) is 8.46. The molecule has 0 bridgehead atoms. The lowest BCUT2D eigenvalue weighted by Crippen LogP contribution is -2.57. The van der Waals surface area contributed by atoms with E-state index in [1.807, 2.05) is 12.1 Å². The molecule has 8 rings (SSSR count). The summed E-state index contributed by atoms with van der Waals surface area (Å²) in [6, 6.07) is 45.0. The number of anilines is 3. The van der Waals surface area contributed by atoms with Gasteiger partial charge < -0.3 is 14.4 Å². The van der Waals surface area contributed by atoms with Gasteiger partial charge in [0, 0.05) is 23.3 Å².